The molecule has 0 saturated carbocycles. The van der Waals surface area contributed by atoms with Crippen LogP contribution in [0.1, 0.15) is 10.4 Å². The van der Waals surface area contributed by atoms with Gasteiger partial charge in [0.1, 0.15) is 12.4 Å². The third-order valence-corrected chi connectivity index (χ3v) is 5.42. The number of nitrogens with one attached hydrogen (secondary N) is 1. The van der Waals surface area contributed by atoms with Gasteiger partial charge in [0.15, 0.2) is 0 Å². The normalized spacial score (nSPS) is 16.6. The van der Waals surface area contributed by atoms with Gasteiger partial charge in [-0.25, -0.2) is 4.79 Å². The van der Waals surface area contributed by atoms with Crippen molar-refractivity contribution in [3.05, 3.63) is 29.8 Å². The first-order chi connectivity index (χ1) is 9.75. The molecule has 1 aromatic rings. The van der Waals surface area contributed by atoms with Crippen LogP contribution in [0, 0.1) is 0 Å². The van der Waals surface area contributed by atoms with Crippen LogP contribution in [0.3, 0.4) is 0 Å². The third kappa shape index (κ3) is 5.26. The number of thioether (sulfide) groups is 2. The molecule has 0 amide bonds. The highest BCUT2D eigenvalue weighted by molar-refractivity contribution is 8.03. The molecule has 0 atom stereocenters. The van der Waals surface area contributed by atoms with E-state index < -0.39 is 5.97 Å². The molecular weight excluding hydrogens is 294 g/mol. The number of hydrogen-bond donors (Lipinski definition) is 2. The maximum atomic E-state index is 10.8. The van der Waals surface area contributed by atoms with Crippen molar-refractivity contribution in [3.8, 4) is 5.75 Å². The first-order valence-corrected chi connectivity index (χ1v) is 8.91. The minimum absolute atomic E-state index is 0.257. The average Bonchev–Trinajstić information content (AvgIpc) is 2.72. The number of benzene rings is 1. The number of carboxylic acids is 1. The maximum absolute atomic E-state index is 10.8. The van der Waals surface area contributed by atoms with Crippen molar-refractivity contribution in [2.45, 2.75) is 6.04 Å². The Morgan fingerprint density at radius 2 is 2.10 bits per heavy atom. The Labute approximate surface area is 127 Å². The zero-order chi connectivity index (χ0) is 14.2. The standard InChI is InChI=1S/C14H19NO3S2/c16-14(17)11-2-1-3-13(8-11)18-5-4-15-12-9-19-6-7-20-10-12/h1-3,8,12,15H,4-7,9-10H2,(H,16,17). The van der Waals surface area contributed by atoms with Crippen molar-refractivity contribution in [2.75, 3.05) is 36.2 Å². The first kappa shape index (κ1) is 15.5. The zero-order valence-corrected chi connectivity index (χ0v) is 12.8. The summed E-state index contributed by atoms with van der Waals surface area (Å²) in [5.41, 5.74) is 0.257. The maximum Gasteiger partial charge on any atom is 0.335 e. The summed E-state index contributed by atoms with van der Waals surface area (Å²) in [4.78, 5) is 10.8. The molecule has 2 rings (SSSR count). The van der Waals surface area contributed by atoms with Crippen LogP contribution in [-0.2, 0) is 0 Å². The predicted octanol–water partition coefficient (Wildman–Crippen LogP) is 2.20. The summed E-state index contributed by atoms with van der Waals surface area (Å²) >= 11 is 3.99. The predicted molar refractivity (Wildman–Crippen MR) is 85.3 cm³/mol. The van der Waals surface area contributed by atoms with Crippen molar-refractivity contribution in [1.29, 1.82) is 0 Å². The monoisotopic (exact) mass is 313 g/mol. The van der Waals surface area contributed by atoms with E-state index in [9.17, 15) is 4.79 Å². The van der Waals surface area contributed by atoms with Crippen LogP contribution < -0.4 is 10.1 Å². The number of carbonyl (C=O) groups is 1. The van der Waals surface area contributed by atoms with Crippen LogP contribution in [-0.4, -0.2) is 53.3 Å². The summed E-state index contributed by atoms with van der Waals surface area (Å²) in [6.45, 7) is 1.33. The molecule has 0 unspecified atom stereocenters. The highest BCUT2D eigenvalue weighted by atomic mass is 32.2. The SMILES string of the molecule is O=C(O)c1cccc(OCCNC2CSCCSC2)c1. The highest BCUT2D eigenvalue weighted by Gasteiger charge is 2.11. The second kappa shape index (κ2) is 8.44. The molecule has 4 nitrogen and oxygen atoms in total. The minimum atomic E-state index is -0.930. The van der Waals surface area contributed by atoms with Gasteiger partial charge < -0.3 is 15.2 Å². The third-order valence-electron chi connectivity index (χ3n) is 2.89. The summed E-state index contributed by atoms with van der Waals surface area (Å²) in [7, 11) is 0. The lowest BCUT2D eigenvalue weighted by atomic mass is 10.2. The second-order valence-corrected chi connectivity index (χ2v) is 6.78. The van der Waals surface area contributed by atoms with Crippen LogP contribution in [0.15, 0.2) is 24.3 Å². The Balaban J connectivity index is 1.70. The quantitative estimate of drug-likeness (QED) is 0.785. The van der Waals surface area contributed by atoms with Gasteiger partial charge in [0, 0.05) is 35.6 Å². The molecule has 0 radical (unpaired) electrons. The fourth-order valence-corrected chi connectivity index (χ4v) is 4.35. The van der Waals surface area contributed by atoms with E-state index in [0.717, 1.165) is 18.1 Å². The number of hydrogen-bond acceptors (Lipinski definition) is 5. The molecule has 20 heavy (non-hydrogen) atoms. The Bertz CT molecular complexity index is 434. The van der Waals surface area contributed by atoms with Gasteiger partial charge >= 0.3 is 5.97 Å². The van der Waals surface area contributed by atoms with E-state index in [-0.39, 0.29) is 5.56 Å². The lowest BCUT2D eigenvalue weighted by Gasteiger charge is -2.15. The average molecular weight is 313 g/mol. The summed E-state index contributed by atoms with van der Waals surface area (Å²) < 4.78 is 5.58. The van der Waals surface area contributed by atoms with Crippen LogP contribution in [0.4, 0.5) is 0 Å². The fourth-order valence-electron chi connectivity index (χ4n) is 1.89. The van der Waals surface area contributed by atoms with Gasteiger partial charge in [0.05, 0.1) is 5.56 Å². The molecule has 1 aromatic carbocycles. The van der Waals surface area contributed by atoms with Gasteiger partial charge in [0.2, 0.25) is 0 Å². The molecule has 0 spiro atoms. The van der Waals surface area contributed by atoms with E-state index in [0.29, 0.717) is 18.4 Å². The van der Waals surface area contributed by atoms with Gasteiger partial charge in [-0.05, 0) is 18.2 Å². The minimum Gasteiger partial charge on any atom is -0.492 e. The van der Waals surface area contributed by atoms with E-state index in [4.69, 9.17) is 9.84 Å². The van der Waals surface area contributed by atoms with Crippen molar-refractivity contribution in [2.24, 2.45) is 0 Å². The topological polar surface area (TPSA) is 58.6 Å². The molecule has 1 aliphatic rings. The summed E-state index contributed by atoms with van der Waals surface area (Å²) in [5.74, 6) is 4.46. The van der Waals surface area contributed by atoms with Gasteiger partial charge in [-0.15, -0.1) is 0 Å². The Morgan fingerprint density at radius 1 is 1.35 bits per heavy atom. The number of carboxylic acid groups (broad SMARTS) is 1. The van der Waals surface area contributed by atoms with Gasteiger partial charge in [-0.1, -0.05) is 6.07 Å². The molecule has 110 valence electrons. The van der Waals surface area contributed by atoms with Crippen LogP contribution in [0.2, 0.25) is 0 Å². The van der Waals surface area contributed by atoms with Crippen molar-refractivity contribution in [1.82, 2.24) is 5.32 Å². The number of rotatable bonds is 6. The van der Waals surface area contributed by atoms with E-state index in [2.05, 4.69) is 5.32 Å². The smallest absolute Gasteiger partial charge is 0.335 e. The van der Waals surface area contributed by atoms with Gasteiger partial charge in [0.25, 0.3) is 0 Å². The molecule has 1 heterocycles. The van der Waals surface area contributed by atoms with Crippen molar-refractivity contribution < 1.29 is 14.6 Å². The van der Waals surface area contributed by atoms with Crippen LogP contribution >= 0.6 is 23.5 Å². The number of aromatic carboxylic acids is 1. The largest absolute Gasteiger partial charge is 0.492 e. The zero-order valence-electron chi connectivity index (χ0n) is 11.2. The molecule has 1 saturated heterocycles. The molecule has 0 bridgehead atoms. The molecule has 0 aliphatic carbocycles. The molecule has 1 fully saturated rings. The summed E-state index contributed by atoms with van der Waals surface area (Å²) in [6.07, 6.45) is 0. The molecule has 0 aromatic heterocycles. The summed E-state index contributed by atoms with van der Waals surface area (Å²) in [5, 5.41) is 12.4. The van der Waals surface area contributed by atoms with Gasteiger partial charge in [-0.3, -0.25) is 0 Å². The number of ether oxygens (including phenoxy) is 1. The van der Waals surface area contributed by atoms with E-state index in [1.165, 1.54) is 11.5 Å². The van der Waals surface area contributed by atoms with Gasteiger partial charge in [-0.2, -0.15) is 23.5 Å². The van der Waals surface area contributed by atoms with E-state index in [1.54, 1.807) is 24.3 Å². The lowest BCUT2D eigenvalue weighted by molar-refractivity contribution is 0.0696. The Kier molecular flexibility index (Phi) is 6.56. The molecule has 6 heteroatoms. The summed E-state index contributed by atoms with van der Waals surface area (Å²) in [6, 6.07) is 7.14. The van der Waals surface area contributed by atoms with E-state index in [1.807, 2.05) is 23.5 Å². The van der Waals surface area contributed by atoms with Crippen molar-refractivity contribution >= 4 is 29.5 Å². The molecule has 2 N–H and O–H groups in total. The van der Waals surface area contributed by atoms with Crippen LogP contribution in [0.25, 0.3) is 0 Å². The highest BCUT2D eigenvalue weighted by Crippen LogP contribution is 2.16. The fraction of sp³-hybridized carbons (Fsp3) is 0.500. The van der Waals surface area contributed by atoms with Crippen molar-refractivity contribution in [3.63, 3.8) is 0 Å². The molecule has 1 aliphatic heterocycles. The second-order valence-electron chi connectivity index (χ2n) is 4.48. The first-order valence-electron chi connectivity index (χ1n) is 6.61. The Hall–Kier alpha value is -0.850. The lowest BCUT2D eigenvalue weighted by Crippen LogP contribution is -2.36. The Morgan fingerprint density at radius 3 is 2.80 bits per heavy atom. The molecular formula is C14H19NO3S2. The van der Waals surface area contributed by atoms with Crippen LogP contribution in [0.5, 0.6) is 5.75 Å². The van der Waals surface area contributed by atoms with E-state index >= 15 is 0 Å².